The summed E-state index contributed by atoms with van der Waals surface area (Å²) in [5.74, 6) is 1.67. The van der Waals surface area contributed by atoms with Crippen molar-refractivity contribution in [2.75, 3.05) is 40.5 Å². The molecule has 0 fully saturated rings. The number of guanidine groups is 1. The van der Waals surface area contributed by atoms with Gasteiger partial charge in [0.1, 0.15) is 5.75 Å². The molecule has 0 amide bonds. The van der Waals surface area contributed by atoms with Crippen LogP contribution in [0.25, 0.3) is 0 Å². The van der Waals surface area contributed by atoms with Gasteiger partial charge < -0.3 is 24.8 Å². The van der Waals surface area contributed by atoms with Gasteiger partial charge in [0.05, 0.1) is 19.3 Å². The molecule has 1 rings (SSSR count). The molecule has 6 nitrogen and oxygen atoms in total. The second-order valence-electron chi connectivity index (χ2n) is 5.63. The van der Waals surface area contributed by atoms with E-state index in [-0.39, 0.29) is 30.1 Å². The van der Waals surface area contributed by atoms with E-state index in [1.807, 2.05) is 32.0 Å². The molecule has 0 aromatic heterocycles. The first kappa shape index (κ1) is 23.9. The largest absolute Gasteiger partial charge is 0.491 e. The van der Waals surface area contributed by atoms with Crippen LogP contribution in [0, 0.1) is 0 Å². The van der Waals surface area contributed by atoms with E-state index in [4.69, 9.17) is 14.2 Å². The van der Waals surface area contributed by atoms with Crippen LogP contribution in [-0.4, -0.2) is 52.6 Å². The molecule has 0 saturated carbocycles. The van der Waals surface area contributed by atoms with Gasteiger partial charge in [-0.05, 0) is 38.0 Å². The van der Waals surface area contributed by atoms with Crippen LogP contribution in [-0.2, 0) is 16.0 Å². The number of halogens is 1. The molecular formula is C18H32IN3O3. The third-order valence-corrected chi connectivity index (χ3v) is 3.14. The molecule has 0 aliphatic rings. The number of hydrogen-bond acceptors (Lipinski definition) is 4. The highest BCUT2D eigenvalue weighted by Crippen LogP contribution is 2.14. The predicted molar refractivity (Wildman–Crippen MR) is 113 cm³/mol. The fraction of sp³-hybridized carbons (Fsp3) is 0.611. The van der Waals surface area contributed by atoms with Crippen molar-refractivity contribution in [3.05, 3.63) is 29.8 Å². The van der Waals surface area contributed by atoms with Crippen molar-refractivity contribution in [2.45, 2.75) is 32.9 Å². The van der Waals surface area contributed by atoms with Crippen molar-refractivity contribution in [1.82, 2.24) is 10.6 Å². The Morgan fingerprint density at radius 2 is 1.96 bits per heavy atom. The van der Waals surface area contributed by atoms with E-state index >= 15 is 0 Å². The molecule has 0 heterocycles. The number of nitrogens with one attached hydrogen (secondary N) is 2. The molecule has 0 saturated heterocycles. The van der Waals surface area contributed by atoms with Crippen LogP contribution in [0.1, 0.15) is 25.8 Å². The molecule has 0 spiro atoms. The zero-order valence-corrected chi connectivity index (χ0v) is 18.0. The van der Waals surface area contributed by atoms with Crippen LogP contribution in [0.4, 0.5) is 0 Å². The van der Waals surface area contributed by atoms with Crippen LogP contribution in [0.2, 0.25) is 0 Å². The number of methoxy groups -OCH3 is 1. The lowest BCUT2D eigenvalue weighted by Crippen LogP contribution is -2.37. The van der Waals surface area contributed by atoms with E-state index in [1.165, 1.54) is 0 Å². The molecule has 0 aliphatic heterocycles. The van der Waals surface area contributed by atoms with Crippen LogP contribution in [0.15, 0.2) is 29.3 Å². The zero-order valence-electron chi connectivity index (χ0n) is 15.7. The Balaban J connectivity index is 0.00000576. The Morgan fingerprint density at radius 3 is 2.64 bits per heavy atom. The molecule has 0 bridgehead atoms. The summed E-state index contributed by atoms with van der Waals surface area (Å²) in [6.45, 7) is 7.53. The molecule has 0 atom stereocenters. The summed E-state index contributed by atoms with van der Waals surface area (Å²) in [5, 5.41) is 6.57. The number of aliphatic imine (C=N–C) groups is 1. The van der Waals surface area contributed by atoms with Crippen LogP contribution < -0.4 is 15.4 Å². The molecule has 7 heteroatoms. The maximum Gasteiger partial charge on any atom is 0.191 e. The van der Waals surface area contributed by atoms with Gasteiger partial charge in [0.25, 0.3) is 0 Å². The predicted octanol–water partition coefficient (Wildman–Crippen LogP) is 2.81. The van der Waals surface area contributed by atoms with Gasteiger partial charge in [0.15, 0.2) is 5.96 Å². The lowest BCUT2D eigenvalue weighted by Gasteiger charge is -2.14. The molecule has 25 heavy (non-hydrogen) atoms. The summed E-state index contributed by atoms with van der Waals surface area (Å²) < 4.78 is 16.1. The van der Waals surface area contributed by atoms with Crippen molar-refractivity contribution in [1.29, 1.82) is 0 Å². The Hall–Kier alpha value is -1.06. The Kier molecular flexibility index (Phi) is 14.6. The van der Waals surface area contributed by atoms with Crippen LogP contribution in [0.5, 0.6) is 5.75 Å². The zero-order chi connectivity index (χ0) is 17.6. The standard InChI is InChI=1S/C18H31N3O3.HI/c1-15(2)24-17-8-5-7-16(13-17)14-21-18(19-3)20-9-6-10-23-12-11-22-4;/h5,7-8,13,15H,6,9-12,14H2,1-4H3,(H2,19,20,21);1H. The van der Waals surface area contributed by atoms with Crippen molar-refractivity contribution in [3.63, 3.8) is 0 Å². The highest BCUT2D eigenvalue weighted by Gasteiger charge is 2.01. The summed E-state index contributed by atoms with van der Waals surface area (Å²) in [6.07, 6.45) is 1.09. The quantitative estimate of drug-likeness (QED) is 0.228. The van der Waals surface area contributed by atoms with Crippen LogP contribution in [0.3, 0.4) is 0 Å². The third-order valence-electron chi connectivity index (χ3n) is 3.14. The summed E-state index contributed by atoms with van der Waals surface area (Å²) in [6, 6.07) is 8.09. The van der Waals surface area contributed by atoms with Crippen molar-refractivity contribution in [3.8, 4) is 5.75 Å². The van der Waals surface area contributed by atoms with E-state index in [9.17, 15) is 0 Å². The fourth-order valence-corrected chi connectivity index (χ4v) is 2.03. The van der Waals surface area contributed by atoms with Gasteiger partial charge in [-0.25, -0.2) is 0 Å². The topological polar surface area (TPSA) is 64.1 Å². The van der Waals surface area contributed by atoms with E-state index in [0.717, 1.165) is 30.2 Å². The maximum absolute atomic E-state index is 5.71. The first-order valence-corrected chi connectivity index (χ1v) is 8.42. The summed E-state index contributed by atoms with van der Waals surface area (Å²) in [4.78, 5) is 4.22. The van der Waals surface area contributed by atoms with Gasteiger partial charge >= 0.3 is 0 Å². The molecule has 0 unspecified atom stereocenters. The molecule has 1 aromatic rings. The van der Waals surface area contributed by atoms with Gasteiger partial charge in [-0.1, -0.05) is 12.1 Å². The molecule has 144 valence electrons. The monoisotopic (exact) mass is 465 g/mol. The van der Waals surface area contributed by atoms with Crippen molar-refractivity contribution in [2.24, 2.45) is 4.99 Å². The molecule has 1 aromatic carbocycles. The van der Waals surface area contributed by atoms with E-state index in [2.05, 4.69) is 21.7 Å². The second kappa shape index (κ2) is 15.2. The van der Waals surface area contributed by atoms with E-state index < -0.39 is 0 Å². The Morgan fingerprint density at radius 1 is 1.16 bits per heavy atom. The van der Waals surface area contributed by atoms with Gasteiger partial charge in [-0.2, -0.15) is 0 Å². The minimum Gasteiger partial charge on any atom is -0.491 e. The second-order valence-corrected chi connectivity index (χ2v) is 5.63. The first-order chi connectivity index (χ1) is 11.7. The van der Waals surface area contributed by atoms with Crippen molar-refractivity contribution < 1.29 is 14.2 Å². The SMILES string of the molecule is CN=C(NCCCOCCOC)NCc1cccc(OC(C)C)c1.I. The average molecular weight is 465 g/mol. The lowest BCUT2D eigenvalue weighted by molar-refractivity contribution is 0.0698. The normalized spacial score (nSPS) is 11.2. The minimum absolute atomic E-state index is 0. The Bertz CT molecular complexity index is 484. The Labute approximate surface area is 168 Å². The number of hydrogen-bond donors (Lipinski definition) is 2. The maximum atomic E-state index is 5.71. The summed E-state index contributed by atoms with van der Waals surface area (Å²) in [7, 11) is 3.44. The van der Waals surface area contributed by atoms with E-state index in [1.54, 1.807) is 14.2 Å². The lowest BCUT2D eigenvalue weighted by atomic mass is 10.2. The smallest absolute Gasteiger partial charge is 0.191 e. The number of benzene rings is 1. The van der Waals surface area contributed by atoms with Crippen LogP contribution >= 0.6 is 24.0 Å². The summed E-state index contributed by atoms with van der Waals surface area (Å²) >= 11 is 0. The highest BCUT2D eigenvalue weighted by molar-refractivity contribution is 14.0. The molecule has 0 radical (unpaired) electrons. The molecule has 0 aliphatic carbocycles. The number of rotatable bonds is 11. The summed E-state index contributed by atoms with van der Waals surface area (Å²) in [5.41, 5.74) is 1.15. The third kappa shape index (κ3) is 12.0. The van der Waals surface area contributed by atoms with Gasteiger partial charge in [-0.3, -0.25) is 4.99 Å². The van der Waals surface area contributed by atoms with Gasteiger partial charge in [-0.15, -0.1) is 24.0 Å². The minimum atomic E-state index is 0. The highest BCUT2D eigenvalue weighted by atomic mass is 127. The average Bonchev–Trinajstić information content (AvgIpc) is 2.56. The number of ether oxygens (including phenoxy) is 3. The van der Waals surface area contributed by atoms with Crippen molar-refractivity contribution >= 4 is 29.9 Å². The fourth-order valence-electron chi connectivity index (χ4n) is 2.03. The van der Waals surface area contributed by atoms with Gasteiger partial charge in [0, 0.05) is 33.9 Å². The molecular weight excluding hydrogens is 433 g/mol. The number of nitrogens with zero attached hydrogens (tertiary/aromatic N) is 1. The van der Waals surface area contributed by atoms with Gasteiger partial charge in [0.2, 0.25) is 0 Å². The molecule has 2 N–H and O–H groups in total. The van der Waals surface area contributed by atoms with E-state index in [0.29, 0.717) is 26.4 Å². The first-order valence-electron chi connectivity index (χ1n) is 8.42.